The van der Waals surface area contributed by atoms with Crippen molar-refractivity contribution in [3.05, 3.63) is 96.3 Å². The highest BCUT2D eigenvalue weighted by Crippen LogP contribution is 2.26. The summed E-state index contributed by atoms with van der Waals surface area (Å²) in [7, 11) is 0. The van der Waals surface area contributed by atoms with E-state index in [-0.39, 0.29) is 0 Å². The number of hydrogen-bond acceptors (Lipinski definition) is 3. The first-order valence-electron chi connectivity index (χ1n) is 8.54. The molecule has 0 unspecified atom stereocenters. The molecule has 0 spiro atoms. The van der Waals surface area contributed by atoms with E-state index in [1.54, 1.807) is 18.1 Å². The van der Waals surface area contributed by atoms with Crippen molar-refractivity contribution >= 4 is 11.8 Å². The van der Waals surface area contributed by atoms with Crippen molar-refractivity contribution in [3.63, 3.8) is 0 Å². The third-order valence-electron chi connectivity index (χ3n) is 4.32. The third kappa shape index (κ3) is 3.55. The SMILES string of the molecule is Cc1ccccc1-n1cnnc1SCc1ccc(-c2ccccc2)cc1. The molecule has 3 nitrogen and oxygen atoms in total. The van der Waals surface area contributed by atoms with Crippen LogP contribution in [-0.4, -0.2) is 14.8 Å². The molecule has 3 aromatic carbocycles. The lowest BCUT2D eigenvalue weighted by atomic mass is 10.0. The van der Waals surface area contributed by atoms with Crippen molar-refractivity contribution in [2.75, 3.05) is 0 Å². The smallest absolute Gasteiger partial charge is 0.195 e. The molecular formula is C22H19N3S. The zero-order valence-electron chi connectivity index (χ0n) is 14.5. The van der Waals surface area contributed by atoms with Crippen LogP contribution in [0.3, 0.4) is 0 Å². The summed E-state index contributed by atoms with van der Waals surface area (Å²) in [6.45, 7) is 2.10. The molecule has 0 saturated carbocycles. The molecule has 0 saturated heterocycles. The van der Waals surface area contributed by atoms with Crippen LogP contribution in [0.5, 0.6) is 0 Å². The Labute approximate surface area is 157 Å². The number of para-hydroxylation sites is 1. The second kappa shape index (κ2) is 7.58. The van der Waals surface area contributed by atoms with Crippen molar-refractivity contribution in [1.82, 2.24) is 14.8 Å². The fraction of sp³-hybridized carbons (Fsp3) is 0.0909. The summed E-state index contributed by atoms with van der Waals surface area (Å²) >= 11 is 1.70. The Morgan fingerprint density at radius 2 is 1.50 bits per heavy atom. The lowest BCUT2D eigenvalue weighted by Crippen LogP contribution is -1.97. The van der Waals surface area contributed by atoms with Crippen molar-refractivity contribution in [2.24, 2.45) is 0 Å². The highest BCUT2D eigenvalue weighted by molar-refractivity contribution is 7.98. The molecule has 4 rings (SSSR count). The van der Waals surface area contributed by atoms with Crippen LogP contribution in [0, 0.1) is 6.92 Å². The maximum absolute atomic E-state index is 4.29. The molecule has 1 heterocycles. The molecule has 0 fully saturated rings. The van der Waals surface area contributed by atoms with Gasteiger partial charge in [0.1, 0.15) is 6.33 Å². The van der Waals surface area contributed by atoms with E-state index < -0.39 is 0 Å². The standard InChI is InChI=1S/C22H19N3S/c1-17-7-5-6-10-21(17)25-16-23-24-22(25)26-15-18-11-13-20(14-12-18)19-8-3-2-4-9-19/h2-14,16H,15H2,1H3. The molecule has 0 atom stereocenters. The molecule has 1 aromatic heterocycles. The van der Waals surface area contributed by atoms with Crippen LogP contribution in [-0.2, 0) is 5.75 Å². The Hall–Kier alpha value is -2.85. The zero-order valence-corrected chi connectivity index (χ0v) is 15.4. The van der Waals surface area contributed by atoms with Gasteiger partial charge in [-0.15, -0.1) is 10.2 Å². The Bertz CT molecular complexity index is 991. The summed E-state index contributed by atoms with van der Waals surface area (Å²) in [4.78, 5) is 0. The predicted molar refractivity (Wildman–Crippen MR) is 108 cm³/mol. The van der Waals surface area contributed by atoms with E-state index in [0.717, 1.165) is 16.6 Å². The van der Waals surface area contributed by atoms with E-state index in [1.807, 2.05) is 18.2 Å². The molecule has 0 aliphatic rings. The average Bonchev–Trinajstić information content (AvgIpc) is 3.16. The molecule has 4 heteroatoms. The quantitative estimate of drug-likeness (QED) is 0.440. The maximum atomic E-state index is 4.29. The summed E-state index contributed by atoms with van der Waals surface area (Å²) in [5.41, 5.74) is 6.09. The van der Waals surface area contributed by atoms with Gasteiger partial charge in [0.15, 0.2) is 5.16 Å². The van der Waals surface area contributed by atoms with E-state index in [4.69, 9.17) is 0 Å². The van der Waals surface area contributed by atoms with Gasteiger partial charge in [0, 0.05) is 5.75 Å². The number of thioether (sulfide) groups is 1. The number of aryl methyl sites for hydroxylation is 1. The first-order valence-corrected chi connectivity index (χ1v) is 9.53. The molecular weight excluding hydrogens is 338 g/mol. The first kappa shape index (κ1) is 16.6. The van der Waals surface area contributed by atoms with Crippen LogP contribution in [0.1, 0.15) is 11.1 Å². The molecule has 0 amide bonds. The molecule has 26 heavy (non-hydrogen) atoms. The number of nitrogens with zero attached hydrogens (tertiary/aromatic N) is 3. The van der Waals surface area contributed by atoms with Gasteiger partial charge in [-0.1, -0.05) is 84.6 Å². The number of hydrogen-bond donors (Lipinski definition) is 0. The molecule has 0 aliphatic heterocycles. The molecule has 4 aromatic rings. The van der Waals surface area contributed by atoms with E-state index in [1.165, 1.54) is 22.3 Å². The van der Waals surface area contributed by atoms with Crippen LogP contribution < -0.4 is 0 Å². The highest BCUT2D eigenvalue weighted by Gasteiger charge is 2.09. The normalized spacial score (nSPS) is 10.8. The second-order valence-corrected chi connectivity index (χ2v) is 7.06. The largest absolute Gasteiger partial charge is 0.276 e. The van der Waals surface area contributed by atoms with Gasteiger partial charge in [-0.2, -0.15) is 0 Å². The Kier molecular flexibility index (Phi) is 4.84. The second-order valence-electron chi connectivity index (χ2n) is 6.12. The third-order valence-corrected chi connectivity index (χ3v) is 5.33. The van der Waals surface area contributed by atoms with Crippen LogP contribution in [0.4, 0.5) is 0 Å². The van der Waals surface area contributed by atoms with Crippen molar-refractivity contribution < 1.29 is 0 Å². The van der Waals surface area contributed by atoms with Gasteiger partial charge in [0.2, 0.25) is 0 Å². The molecule has 128 valence electrons. The minimum absolute atomic E-state index is 0.861. The monoisotopic (exact) mass is 357 g/mol. The van der Waals surface area contributed by atoms with Crippen LogP contribution in [0.15, 0.2) is 90.3 Å². The summed E-state index contributed by atoms with van der Waals surface area (Å²) in [5.74, 6) is 0.861. The Balaban J connectivity index is 1.49. The van der Waals surface area contributed by atoms with Crippen molar-refractivity contribution in [1.29, 1.82) is 0 Å². The fourth-order valence-corrected chi connectivity index (χ4v) is 3.77. The van der Waals surface area contributed by atoms with Gasteiger partial charge < -0.3 is 0 Å². The lowest BCUT2D eigenvalue weighted by Gasteiger charge is -2.09. The number of benzene rings is 3. The number of aromatic nitrogens is 3. The summed E-state index contributed by atoms with van der Waals surface area (Å²) in [6.07, 6.45) is 1.78. The van der Waals surface area contributed by atoms with Crippen LogP contribution >= 0.6 is 11.8 Å². The summed E-state index contributed by atoms with van der Waals surface area (Å²) in [6, 6.07) is 27.5. The van der Waals surface area contributed by atoms with Crippen molar-refractivity contribution in [3.8, 4) is 16.8 Å². The minimum atomic E-state index is 0.861. The molecule has 0 aliphatic carbocycles. The zero-order chi connectivity index (χ0) is 17.8. The lowest BCUT2D eigenvalue weighted by molar-refractivity contribution is 0.878. The Morgan fingerprint density at radius 1 is 0.808 bits per heavy atom. The van der Waals surface area contributed by atoms with Gasteiger partial charge in [-0.3, -0.25) is 4.57 Å². The van der Waals surface area contributed by atoms with E-state index in [9.17, 15) is 0 Å². The minimum Gasteiger partial charge on any atom is -0.276 e. The summed E-state index contributed by atoms with van der Waals surface area (Å²) < 4.78 is 2.05. The first-order chi connectivity index (χ1) is 12.8. The maximum Gasteiger partial charge on any atom is 0.195 e. The van der Waals surface area contributed by atoms with Gasteiger partial charge >= 0.3 is 0 Å². The number of rotatable bonds is 5. The fourth-order valence-electron chi connectivity index (χ4n) is 2.89. The van der Waals surface area contributed by atoms with Crippen molar-refractivity contribution in [2.45, 2.75) is 17.8 Å². The highest BCUT2D eigenvalue weighted by atomic mass is 32.2. The predicted octanol–water partition coefficient (Wildman–Crippen LogP) is 5.54. The molecule has 0 bridgehead atoms. The molecule has 0 radical (unpaired) electrons. The van der Waals surface area contributed by atoms with Crippen LogP contribution in [0.2, 0.25) is 0 Å². The molecule has 0 N–H and O–H groups in total. The van der Waals surface area contributed by atoms with Gasteiger partial charge in [-0.05, 0) is 35.2 Å². The van der Waals surface area contributed by atoms with Gasteiger partial charge in [-0.25, -0.2) is 0 Å². The van der Waals surface area contributed by atoms with Gasteiger partial charge in [0.25, 0.3) is 0 Å². The van der Waals surface area contributed by atoms with E-state index in [2.05, 4.69) is 82.4 Å². The van der Waals surface area contributed by atoms with Crippen LogP contribution in [0.25, 0.3) is 16.8 Å². The summed E-state index contributed by atoms with van der Waals surface area (Å²) in [5, 5.41) is 9.30. The van der Waals surface area contributed by atoms with E-state index >= 15 is 0 Å². The van der Waals surface area contributed by atoms with Gasteiger partial charge in [0.05, 0.1) is 5.69 Å². The average molecular weight is 357 g/mol. The van der Waals surface area contributed by atoms with E-state index in [0.29, 0.717) is 0 Å². The Morgan fingerprint density at radius 3 is 2.27 bits per heavy atom. The topological polar surface area (TPSA) is 30.7 Å².